The minimum absolute atomic E-state index is 0.0960. The van der Waals surface area contributed by atoms with Crippen molar-refractivity contribution >= 4 is 17.5 Å². The molecule has 2 saturated heterocycles. The van der Waals surface area contributed by atoms with E-state index < -0.39 is 0 Å². The van der Waals surface area contributed by atoms with Crippen LogP contribution in [0.2, 0.25) is 0 Å². The molecule has 1 aliphatic carbocycles. The first kappa shape index (κ1) is 18.3. The maximum Gasteiger partial charge on any atom is 0.225 e. The highest BCUT2D eigenvalue weighted by atomic mass is 16.2. The molecule has 3 aliphatic rings. The highest BCUT2D eigenvalue weighted by molar-refractivity contribution is 5.81. The summed E-state index contributed by atoms with van der Waals surface area (Å²) in [4.78, 5) is 31.9. The van der Waals surface area contributed by atoms with Gasteiger partial charge in [-0.3, -0.25) is 9.59 Å². The molecule has 2 amide bonds. The second-order valence-electron chi connectivity index (χ2n) is 8.23. The van der Waals surface area contributed by atoms with Crippen molar-refractivity contribution in [2.24, 2.45) is 11.8 Å². The van der Waals surface area contributed by atoms with Crippen molar-refractivity contribution in [3.63, 3.8) is 0 Å². The first-order valence-electron chi connectivity index (χ1n) is 10.6. The van der Waals surface area contributed by atoms with E-state index in [-0.39, 0.29) is 11.8 Å². The molecule has 0 atom stereocenters. The molecule has 2 aliphatic heterocycles. The zero-order chi connectivity index (χ0) is 18.6. The molecule has 146 valence electrons. The molecule has 1 saturated carbocycles. The summed E-state index contributed by atoms with van der Waals surface area (Å²) in [6.07, 6.45) is 5.99. The number of likely N-dealkylation sites (tertiary alicyclic amines) is 1. The number of para-hydroxylation sites is 1. The van der Waals surface area contributed by atoms with E-state index in [1.807, 2.05) is 11.0 Å². The van der Waals surface area contributed by atoms with Crippen LogP contribution in [-0.2, 0) is 9.59 Å². The van der Waals surface area contributed by atoms with Gasteiger partial charge in [-0.1, -0.05) is 24.6 Å². The van der Waals surface area contributed by atoms with Crippen LogP contribution in [0.25, 0.3) is 0 Å². The highest BCUT2D eigenvalue weighted by Gasteiger charge is 2.34. The van der Waals surface area contributed by atoms with Gasteiger partial charge < -0.3 is 14.7 Å². The summed E-state index contributed by atoms with van der Waals surface area (Å²) in [6.45, 7) is 5.07. The lowest BCUT2D eigenvalue weighted by Gasteiger charge is -2.37. The molecule has 0 spiro atoms. The van der Waals surface area contributed by atoms with Crippen LogP contribution in [0.5, 0.6) is 0 Å². The van der Waals surface area contributed by atoms with Gasteiger partial charge in [0, 0.05) is 56.8 Å². The Kier molecular flexibility index (Phi) is 5.65. The van der Waals surface area contributed by atoms with Gasteiger partial charge in [-0.05, 0) is 44.2 Å². The fourth-order valence-electron chi connectivity index (χ4n) is 4.55. The van der Waals surface area contributed by atoms with Crippen LogP contribution in [0, 0.1) is 11.8 Å². The van der Waals surface area contributed by atoms with Crippen LogP contribution in [0.3, 0.4) is 0 Å². The molecule has 1 aromatic rings. The van der Waals surface area contributed by atoms with E-state index in [9.17, 15) is 9.59 Å². The Morgan fingerprint density at radius 3 is 1.93 bits per heavy atom. The van der Waals surface area contributed by atoms with Gasteiger partial charge in [0.25, 0.3) is 0 Å². The lowest BCUT2D eigenvalue weighted by molar-refractivity contribution is -0.144. The number of hydrogen-bond acceptors (Lipinski definition) is 3. The molecule has 27 heavy (non-hydrogen) atoms. The Labute approximate surface area is 162 Å². The van der Waals surface area contributed by atoms with Gasteiger partial charge >= 0.3 is 0 Å². The van der Waals surface area contributed by atoms with E-state index in [2.05, 4.69) is 34.1 Å². The number of carbonyl (C=O) groups is 2. The topological polar surface area (TPSA) is 43.9 Å². The molecule has 0 unspecified atom stereocenters. The molecule has 5 heteroatoms. The van der Waals surface area contributed by atoms with Crippen LogP contribution in [0.1, 0.15) is 38.5 Å². The third-order valence-corrected chi connectivity index (χ3v) is 6.54. The van der Waals surface area contributed by atoms with E-state index in [0.717, 1.165) is 71.4 Å². The molecule has 5 nitrogen and oxygen atoms in total. The van der Waals surface area contributed by atoms with Crippen LogP contribution in [0.15, 0.2) is 30.3 Å². The second kappa shape index (κ2) is 8.32. The van der Waals surface area contributed by atoms with Gasteiger partial charge in [0.15, 0.2) is 0 Å². The maximum atomic E-state index is 13.0. The standard InChI is InChI=1S/C22H31N3O2/c26-21(18-6-4-7-18)25-14-10-19(11-15-25)22(27)24-13-5-12-23(16-17-24)20-8-2-1-3-9-20/h1-3,8-9,18-19H,4-7,10-17H2. The summed E-state index contributed by atoms with van der Waals surface area (Å²) in [5.41, 5.74) is 1.25. The molecule has 4 rings (SSSR count). The first-order valence-corrected chi connectivity index (χ1v) is 10.6. The number of rotatable bonds is 3. The molecular formula is C22H31N3O2. The Balaban J connectivity index is 1.28. The predicted octanol–water partition coefficient (Wildman–Crippen LogP) is 2.76. The summed E-state index contributed by atoms with van der Waals surface area (Å²) < 4.78 is 0. The third kappa shape index (κ3) is 4.12. The van der Waals surface area contributed by atoms with Crippen molar-refractivity contribution in [1.82, 2.24) is 9.80 Å². The van der Waals surface area contributed by atoms with Gasteiger partial charge in [0.1, 0.15) is 0 Å². The van der Waals surface area contributed by atoms with Gasteiger partial charge in [0.05, 0.1) is 0 Å². The quantitative estimate of drug-likeness (QED) is 0.823. The smallest absolute Gasteiger partial charge is 0.225 e. The van der Waals surface area contributed by atoms with E-state index in [0.29, 0.717) is 11.8 Å². The Bertz CT molecular complexity index is 651. The molecule has 0 aromatic heterocycles. The molecule has 3 fully saturated rings. The highest BCUT2D eigenvalue weighted by Crippen LogP contribution is 2.30. The van der Waals surface area contributed by atoms with Crippen LogP contribution < -0.4 is 4.90 Å². The number of carbonyl (C=O) groups excluding carboxylic acids is 2. The fourth-order valence-corrected chi connectivity index (χ4v) is 4.55. The maximum absolute atomic E-state index is 13.0. The lowest BCUT2D eigenvalue weighted by atomic mass is 9.83. The Morgan fingerprint density at radius 1 is 0.667 bits per heavy atom. The molecule has 0 N–H and O–H groups in total. The SMILES string of the molecule is O=C(C1CCC1)N1CCC(C(=O)N2CCCN(c3ccccc3)CC2)CC1. The van der Waals surface area contributed by atoms with Crippen molar-refractivity contribution < 1.29 is 9.59 Å². The van der Waals surface area contributed by atoms with Gasteiger partial charge in [-0.25, -0.2) is 0 Å². The molecule has 0 bridgehead atoms. The summed E-state index contributed by atoms with van der Waals surface area (Å²) >= 11 is 0. The zero-order valence-corrected chi connectivity index (χ0v) is 16.2. The fraction of sp³-hybridized carbons (Fsp3) is 0.636. The van der Waals surface area contributed by atoms with Crippen molar-refractivity contribution in [2.45, 2.75) is 38.5 Å². The van der Waals surface area contributed by atoms with E-state index in [4.69, 9.17) is 0 Å². The van der Waals surface area contributed by atoms with E-state index in [1.165, 1.54) is 12.1 Å². The van der Waals surface area contributed by atoms with E-state index in [1.54, 1.807) is 0 Å². The van der Waals surface area contributed by atoms with Gasteiger partial charge in [0.2, 0.25) is 11.8 Å². The van der Waals surface area contributed by atoms with Crippen molar-refractivity contribution in [3.05, 3.63) is 30.3 Å². The molecule has 0 radical (unpaired) electrons. The van der Waals surface area contributed by atoms with Gasteiger partial charge in [-0.2, -0.15) is 0 Å². The Morgan fingerprint density at radius 2 is 1.30 bits per heavy atom. The number of amides is 2. The third-order valence-electron chi connectivity index (χ3n) is 6.54. The normalized spacial score (nSPS) is 22.3. The van der Waals surface area contributed by atoms with Crippen molar-refractivity contribution in [2.75, 3.05) is 44.2 Å². The zero-order valence-electron chi connectivity index (χ0n) is 16.2. The van der Waals surface area contributed by atoms with Crippen molar-refractivity contribution in [1.29, 1.82) is 0 Å². The van der Waals surface area contributed by atoms with Crippen LogP contribution in [-0.4, -0.2) is 60.9 Å². The first-order chi connectivity index (χ1) is 13.2. The van der Waals surface area contributed by atoms with Gasteiger partial charge in [-0.15, -0.1) is 0 Å². The van der Waals surface area contributed by atoms with E-state index >= 15 is 0 Å². The summed E-state index contributed by atoms with van der Waals surface area (Å²) in [5.74, 6) is 1.01. The summed E-state index contributed by atoms with van der Waals surface area (Å²) in [7, 11) is 0. The van der Waals surface area contributed by atoms with Crippen LogP contribution >= 0.6 is 0 Å². The second-order valence-corrected chi connectivity index (χ2v) is 8.23. The average molecular weight is 370 g/mol. The number of hydrogen-bond donors (Lipinski definition) is 0. The number of piperidine rings is 1. The lowest BCUT2D eigenvalue weighted by Crippen LogP contribution is -2.47. The van der Waals surface area contributed by atoms with Crippen molar-refractivity contribution in [3.8, 4) is 0 Å². The summed E-state index contributed by atoms with van der Waals surface area (Å²) in [6, 6.07) is 10.5. The largest absolute Gasteiger partial charge is 0.370 e. The number of nitrogens with zero attached hydrogens (tertiary/aromatic N) is 3. The minimum atomic E-state index is 0.0960. The molecule has 2 heterocycles. The molecule has 1 aromatic carbocycles. The minimum Gasteiger partial charge on any atom is -0.370 e. The number of benzene rings is 1. The predicted molar refractivity (Wildman–Crippen MR) is 106 cm³/mol. The van der Waals surface area contributed by atoms with Crippen LogP contribution in [0.4, 0.5) is 5.69 Å². The average Bonchev–Trinajstić information content (AvgIpc) is 2.93. The summed E-state index contributed by atoms with van der Waals surface area (Å²) in [5, 5.41) is 0. The number of anilines is 1. The molecular weight excluding hydrogens is 338 g/mol. The Hall–Kier alpha value is -2.04. The monoisotopic (exact) mass is 369 g/mol.